The van der Waals surface area contributed by atoms with Gasteiger partial charge in [0.25, 0.3) is 0 Å². The standard InChI is InChI=1S/C21H32F2O/c1-3-5-15-24-19-14-13-18(20(22)21(19)23)12-11-17-9-7-16(6-4-2)8-10-17/h13-14,16-17H,3-12,15H2,1-2H3. The molecule has 1 aromatic carbocycles. The number of ether oxygens (including phenoxy) is 1. The summed E-state index contributed by atoms with van der Waals surface area (Å²) in [5.74, 6) is 0.0599. The van der Waals surface area contributed by atoms with Crippen molar-refractivity contribution in [2.45, 2.75) is 78.1 Å². The van der Waals surface area contributed by atoms with Crippen molar-refractivity contribution >= 4 is 0 Å². The molecule has 0 atom stereocenters. The fourth-order valence-electron chi connectivity index (χ4n) is 3.78. The Morgan fingerprint density at radius 3 is 2.21 bits per heavy atom. The fraction of sp³-hybridized carbons (Fsp3) is 0.714. The Kier molecular flexibility index (Phi) is 8.01. The molecule has 1 aromatic rings. The van der Waals surface area contributed by atoms with Crippen LogP contribution >= 0.6 is 0 Å². The van der Waals surface area contributed by atoms with Crippen LogP contribution in [-0.2, 0) is 6.42 Å². The number of halogens is 2. The molecule has 0 unspecified atom stereocenters. The molecular formula is C21H32F2O. The quantitative estimate of drug-likeness (QED) is 0.456. The minimum atomic E-state index is -0.824. The first-order valence-corrected chi connectivity index (χ1v) is 9.75. The van der Waals surface area contributed by atoms with Crippen LogP contribution in [0.25, 0.3) is 0 Å². The lowest BCUT2D eigenvalue weighted by molar-refractivity contribution is 0.251. The Morgan fingerprint density at radius 1 is 0.917 bits per heavy atom. The third-order valence-corrected chi connectivity index (χ3v) is 5.37. The van der Waals surface area contributed by atoms with Gasteiger partial charge < -0.3 is 4.74 Å². The van der Waals surface area contributed by atoms with E-state index in [0.29, 0.717) is 24.5 Å². The maximum atomic E-state index is 14.2. The van der Waals surface area contributed by atoms with Gasteiger partial charge in [-0.3, -0.25) is 0 Å². The molecule has 0 aliphatic heterocycles. The second-order valence-electron chi connectivity index (χ2n) is 7.27. The molecule has 2 rings (SSSR count). The van der Waals surface area contributed by atoms with Gasteiger partial charge in [0, 0.05) is 0 Å². The summed E-state index contributed by atoms with van der Waals surface area (Å²) in [6, 6.07) is 3.28. The van der Waals surface area contributed by atoms with E-state index in [0.717, 1.165) is 25.2 Å². The van der Waals surface area contributed by atoms with Gasteiger partial charge in [-0.2, -0.15) is 4.39 Å². The van der Waals surface area contributed by atoms with Crippen molar-refractivity contribution in [3.05, 3.63) is 29.3 Å². The lowest BCUT2D eigenvalue weighted by Gasteiger charge is -2.28. The summed E-state index contributed by atoms with van der Waals surface area (Å²) in [6.07, 6.45) is 11.1. The Morgan fingerprint density at radius 2 is 1.58 bits per heavy atom. The van der Waals surface area contributed by atoms with Gasteiger partial charge in [-0.05, 0) is 42.7 Å². The summed E-state index contributed by atoms with van der Waals surface area (Å²) in [4.78, 5) is 0. The van der Waals surface area contributed by atoms with Crippen LogP contribution in [0.15, 0.2) is 12.1 Å². The summed E-state index contributed by atoms with van der Waals surface area (Å²) in [5.41, 5.74) is 0.492. The van der Waals surface area contributed by atoms with Crippen molar-refractivity contribution in [3.63, 3.8) is 0 Å². The van der Waals surface area contributed by atoms with E-state index < -0.39 is 11.6 Å². The molecule has 0 N–H and O–H groups in total. The van der Waals surface area contributed by atoms with Crippen LogP contribution in [0.4, 0.5) is 8.78 Å². The molecule has 1 aliphatic rings. The summed E-state index contributed by atoms with van der Waals surface area (Å²) in [5, 5.41) is 0. The summed E-state index contributed by atoms with van der Waals surface area (Å²) in [6.45, 7) is 4.73. The van der Waals surface area contributed by atoms with Gasteiger partial charge in [0.2, 0.25) is 5.82 Å². The Hall–Kier alpha value is -1.12. The second-order valence-corrected chi connectivity index (χ2v) is 7.27. The van der Waals surface area contributed by atoms with E-state index >= 15 is 0 Å². The van der Waals surface area contributed by atoms with Gasteiger partial charge in [0.1, 0.15) is 0 Å². The maximum Gasteiger partial charge on any atom is 0.200 e. The number of hydrogen-bond acceptors (Lipinski definition) is 1. The zero-order valence-electron chi connectivity index (χ0n) is 15.3. The highest BCUT2D eigenvalue weighted by Crippen LogP contribution is 2.34. The topological polar surface area (TPSA) is 9.23 Å². The van der Waals surface area contributed by atoms with Crippen LogP contribution < -0.4 is 4.74 Å². The number of aryl methyl sites for hydroxylation is 1. The largest absolute Gasteiger partial charge is 0.490 e. The summed E-state index contributed by atoms with van der Waals surface area (Å²) in [7, 11) is 0. The first-order valence-electron chi connectivity index (χ1n) is 9.75. The fourth-order valence-corrected chi connectivity index (χ4v) is 3.78. The van der Waals surface area contributed by atoms with Gasteiger partial charge in [0.15, 0.2) is 11.6 Å². The van der Waals surface area contributed by atoms with Crippen molar-refractivity contribution in [3.8, 4) is 5.75 Å². The molecular weight excluding hydrogens is 306 g/mol. The molecule has 0 spiro atoms. The van der Waals surface area contributed by atoms with E-state index in [1.165, 1.54) is 38.5 Å². The predicted molar refractivity (Wildman–Crippen MR) is 95.4 cm³/mol. The molecule has 1 nitrogen and oxygen atoms in total. The predicted octanol–water partition coefficient (Wildman–Crippen LogP) is 6.68. The minimum Gasteiger partial charge on any atom is -0.490 e. The van der Waals surface area contributed by atoms with Crippen LogP contribution in [0.3, 0.4) is 0 Å². The smallest absolute Gasteiger partial charge is 0.200 e. The van der Waals surface area contributed by atoms with Crippen LogP contribution in [0.1, 0.15) is 77.2 Å². The minimum absolute atomic E-state index is 0.0461. The SMILES string of the molecule is CCCCOc1ccc(CCC2CCC(CCC)CC2)c(F)c1F. The van der Waals surface area contributed by atoms with E-state index in [9.17, 15) is 8.78 Å². The molecule has 0 aromatic heterocycles. The van der Waals surface area contributed by atoms with E-state index in [1.54, 1.807) is 12.1 Å². The van der Waals surface area contributed by atoms with Crippen molar-refractivity contribution in [1.29, 1.82) is 0 Å². The first-order chi connectivity index (χ1) is 11.7. The van der Waals surface area contributed by atoms with Gasteiger partial charge in [-0.1, -0.05) is 64.9 Å². The normalized spacial score (nSPS) is 21.0. The van der Waals surface area contributed by atoms with Crippen LogP contribution in [0.2, 0.25) is 0 Å². The number of unbranched alkanes of at least 4 members (excludes halogenated alkanes) is 1. The van der Waals surface area contributed by atoms with Gasteiger partial charge >= 0.3 is 0 Å². The molecule has 0 bridgehead atoms. The Balaban J connectivity index is 1.83. The highest BCUT2D eigenvalue weighted by Gasteiger charge is 2.21. The van der Waals surface area contributed by atoms with Crippen molar-refractivity contribution in [2.24, 2.45) is 11.8 Å². The average Bonchev–Trinajstić information content (AvgIpc) is 2.60. The summed E-state index contributed by atoms with van der Waals surface area (Å²) < 4.78 is 33.7. The average molecular weight is 338 g/mol. The van der Waals surface area contributed by atoms with Gasteiger partial charge in [-0.25, -0.2) is 4.39 Å². The van der Waals surface area contributed by atoms with Crippen LogP contribution in [0.5, 0.6) is 5.75 Å². The highest BCUT2D eigenvalue weighted by atomic mass is 19.2. The Labute approximate surface area is 145 Å². The monoisotopic (exact) mass is 338 g/mol. The molecule has 0 radical (unpaired) electrons. The van der Waals surface area contributed by atoms with E-state index in [4.69, 9.17) is 4.74 Å². The molecule has 0 amide bonds. The van der Waals surface area contributed by atoms with E-state index in [2.05, 4.69) is 6.92 Å². The molecule has 3 heteroatoms. The molecule has 1 aliphatic carbocycles. The molecule has 24 heavy (non-hydrogen) atoms. The maximum absolute atomic E-state index is 14.2. The first kappa shape index (κ1) is 19.2. The number of rotatable bonds is 9. The molecule has 0 heterocycles. The van der Waals surface area contributed by atoms with Crippen LogP contribution in [-0.4, -0.2) is 6.61 Å². The lowest BCUT2D eigenvalue weighted by atomic mass is 9.78. The highest BCUT2D eigenvalue weighted by molar-refractivity contribution is 5.31. The zero-order valence-corrected chi connectivity index (χ0v) is 15.3. The van der Waals surface area contributed by atoms with Crippen molar-refractivity contribution in [1.82, 2.24) is 0 Å². The van der Waals surface area contributed by atoms with E-state index in [-0.39, 0.29) is 5.75 Å². The second kappa shape index (κ2) is 10.0. The van der Waals surface area contributed by atoms with Crippen molar-refractivity contribution in [2.75, 3.05) is 6.61 Å². The van der Waals surface area contributed by atoms with Gasteiger partial charge in [-0.15, -0.1) is 0 Å². The molecule has 136 valence electrons. The molecule has 1 fully saturated rings. The third-order valence-electron chi connectivity index (χ3n) is 5.37. The molecule has 0 saturated heterocycles. The zero-order chi connectivity index (χ0) is 17.4. The summed E-state index contributed by atoms with van der Waals surface area (Å²) >= 11 is 0. The van der Waals surface area contributed by atoms with Gasteiger partial charge in [0.05, 0.1) is 6.61 Å². The third kappa shape index (κ3) is 5.46. The van der Waals surface area contributed by atoms with E-state index in [1.807, 2.05) is 6.92 Å². The lowest BCUT2D eigenvalue weighted by Crippen LogP contribution is -2.15. The number of hydrogen-bond donors (Lipinski definition) is 0. The number of benzene rings is 1. The molecule has 1 saturated carbocycles. The van der Waals surface area contributed by atoms with Crippen molar-refractivity contribution < 1.29 is 13.5 Å². The Bertz CT molecular complexity index is 493. The van der Waals surface area contributed by atoms with Crippen LogP contribution in [0, 0.1) is 23.5 Å².